The first kappa shape index (κ1) is 18.5. The minimum absolute atomic E-state index is 0.0125. The molecule has 9 heteroatoms. The number of nitrogens with zero attached hydrogens (tertiary/aromatic N) is 2. The molecule has 0 unspecified atom stereocenters. The van der Waals surface area contributed by atoms with Crippen molar-refractivity contribution in [3.05, 3.63) is 39.7 Å². The minimum atomic E-state index is -4.60. The molecule has 138 valence electrons. The van der Waals surface area contributed by atoms with Crippen LogP contribution in [0.1, 0.15) is 35.9 Å². The Hall–Kier alpha value is -2.29. The average Bonchev–Trinajstić information content (AvgIpc) is 3.06. The maximum atomic E-state index is 14.2. The summed E-state index contributed by atoms with van der Waals surface area (Å²) < 4.78 is 52.5. The fraction of sp³-hybridized carbons (Fsp3) is 0.353. The molecule has 26 heavy (non-hydrogen) atoms. The molecule has 1 N–H and O–H groups in total. The number of piperidine rings is 1. The van der Waals surface area contributed by atoms with Crippen LogP contribution in [0.25, 0.3) is 16.1 Å². The molecule has 0 saturated carbocycles. The first-order valence-corrected chi connectivity index (χ1v) is 8.69. The van der Waals surface area contributed by atoms with E-state index in [1.807, 2.05) is 0 Å². The van der Waals surface area contributed by atoms with Gasteiger partial charge in [-0.05, 0) is 55.5 Å². The summed E-state index contributed by atoms with van der Waals surface area (Å²) in [6.45, 7) is 3.98. The Morgan fingerprint density at radius 1 is 1.27 bits per heavy atom. The Balaban J connectivity index is 2.11. The number of rotatable bonds is 2. The van der Waals surface area contributed by atoms with Crippen LogP contribution in [-0.2, 0) is 11.0 Å². The summed E-state index contributed by atoms with van der Waals surface area (Å²) in [4.78, 5) is 12.1. The molecule has 1 aromatic carbocycles. The van der Waals surface area contributed by atoms with Crippen LogP contribution in [0.5, 0.6) is 0 Å². The molecule has 3 rings (SSSR count). The number of hydrogen-bond donors (Lipinski definition) is 1. The predicted molar refractivity (Wildman–Crippen MR) is 89.9 cm³/mol. The molecular weight excluding hydrogens is 370 g/mol. The van der Waals surface area contributed by atoms with Crippen molar-refractivity contribution in [1.29, 1.82) is 0 Å². The number of nitrogens with one attached hydrogen (secondary N) is 1. The van der Waals surface area contributed by atoms with E-state index in [0.29, 0.717) is 46.6 Å². The van der Waals surface area contributed by atoms with E-state index in [1.54, 1.807) is 13.8 Å². The van der Waals surface area contributed by atoms with Gasteiger partial charge in [0.2, 0.25) is 10.9 Å². The summed E-state index contributed by atoms with van der Waals surface area (Å²) in [6, 6.07) is 2.42. The zero-order valence-corrected chi connectivity index (χ0v) is 14.8. The van der Waals surface area contributed by atoms with Gasteiger partial charge in [-0.2, -0.15) is 13.2 Å². The maximum absolute atomic E-state index is 14.2. The average molecular weight is 385 g/mol. The molecule has 2 heterocycles. The molecule has 1 fully saturated rings. The fourth-order valence-electron chi connectivity index (χ4n) is 2.94. The van der Waals surface area contributed by atoms with E-state index >= 15 is 0 Å². The van der Waals surface area contributed by atoms with Gasteiger partial charge in [-0.1, -0.05) is 11.3 Å². The number of hydrogen-bond acceptors (Lipinski definition) is 4. The lowest BCUT2D eigenvalue weighted by Crippen LogP contribution is -2.31. The molecule has 0 atom stereocenters. The topological polar surface area (TPSA) is 54.9 Å². The first-order valence-electron chi connectivity index (χ1n) is 7.88. The highest BCUT2D eigenvalue weighted by Gasteiger charge is 2.36. The van der Waals surface area contributed by atoms with Crippen molar-refractivity contribution in [2.45, 2.75) is 32.9 Å². The number of aromatic nitrogens is 2. The SMILES string of the molecule is C/C(=C1/CCCNC1=O)c1cc(F)cc(-c2nnc(C(F)(F)F)s2)c1C. The van der Waals surface area contributed by atoms with E-state index < -0.39 is 17.0 Å². The summed E-state index contributed by atoms with van der Waals surface area (Å²) in [5, 5.41) is 8.38. The second-order valence-electron chi connectivity index (χ2n) is 6.00. The van der Waals surface area contributed by atoms with Gasteiger partial charge in [-0.25, -0.2) is 4.39 Å². The maximum Gasteiger partial charge on any atom is 0.445 e. The standard InChI is InChI=1S/C17H15F4N3OS/c1-8(11-4-3-5-22-14(11)25)12-6-10(18)7-13(9(12)2)15-23-24-16(26-15)17(19,20)21/h6-7H,3-5H2,1-2H3,(H,22,25)/b11-8+. The Morgan fingerprint density at radius 3 is 2.62 bits per heavy atom. The molecule has 1 amide bonds. The van der Waals surface area contributed by atoms with Crippen molar-refractivity contribution >= 4 is 22.8 Å². The molecule has 1 aliphatic heterocycles. The number of allylic oxidation sites excluding steroid dienone is 1. The van der Waals surface area contributed by atoms with Gasteiger partial charge in [-0.3, -0.25) is 4.79 Å². The van der Waals surface area contributed by atoms with E-state index in [9.17, 15) is 22.4 Å². The highest BCUT2D eigenvalue weighted by molar-refractivity contribution is 7.14. The molecule has 0 spiro atoms. The quantitative estimate of drug-likeness (QED) is 0.618. The van der Waals surface area contributed by atoms with Gasteiger partial charge in [0, 0.05) is 17.7 Å². The highest BCUT2D eigenvalue weighted by Crippen LogP contribution is 2.38. The van der Waals surface area contributed by atoms with Crippen molar-refractivity contribution in [1.82, 2.24) is 15.5 Å². The molecular formula is C17H15F4N3OS. The third kappa shape index (κ3) is 3.48. The Kier molecular flexibility index (Phi) is 4.83. The molecule has 0 radical (unpaired) electrons. The number of amides is 1. The van der Waals surface area contributed by atoms with Crippen LogP contribution in [0.3, 0.4) is 0 Å². The molecule has 1 aromatic heterocycles. The van der Waals surface area contributed by atoms with Crippen LogP contribution in [0.15, 0.2) is 17.7 Å². The van der Waals surface area contributed by atoms with E-state index in [2.05, 4.69) is 15.5 Å². The summed E-state index contributed by atoms with van der Waals surface area (Å²) in [5.74, 6) is -0.810. The van der Waals surface area contributed by atoms with Crippen LogP contribution in [0.4, 0.5) is 17.6 Å². The summed E-state index contributed by atoms with van der Waals surface area (Å²) in [5.41, 5.74) is 2.45. The normalized spacial score (nSPS) is 17.2. The van der Waals surface area contributed by atoms with Gasteiger partial charge < -0.3 is 5.32 Å². The van der Waals surface area contributed by atoms with Crippen LogP contribution in [0, 0.1) is 12.7 Å². The molecule has 0 bridgehead atoms. The monoisotopic (exact) mass is 385 g/mol. The smallest absolute Gasteiger partial charge is 0.352 e. The van der Waals surface area contributed by atoms with E-state index in [1.165, 1.54) is 6.07 Å². The first-order chi connectivity index (χ1) is 12.2. The lowest BCUT2D eigenvalue weighted by Gasteiger charge is -2.19. The number of halogens is 4. The van der Waals surface area contributed by atoms with Gasteiger partial charge in [-0.15, -0.1) is 10.2 Å². The van der Waals surface area contributed by atoms with Gasteiger partial charge in [0.1, 0.15) is 10.8 Å². The van der Waals surface area contributed by atoms with Crippen molar-refractivity contribution in [2.24, 2.45) is 0 Å². The number of alkyl halides is 3. The van der Waals surface area contributed by atoms with Crippen molar-refractivity contribution in [3.63, 3.8) is 0 Å². The predicted octanol–water partition coefficient (Wildman–Crippen LogP) is 4.35. The fourth-order valence-corrected chi connectivity index (χ4v) is 3.73. The third-order valence-corrected chi connectivity index (χ3v) is 5.29. The summed E-state index contributed by atoms with van der Waals surface area (Å²) >= 11 is 0.363. The Morgan fingerprint density at radius 2 is 2.00 bits per heavy atom. The van der Waals surface area contributed by atoms with Crippen molar-refractivity contribution < 1.29 is 22.4 Å². The van der Waals surface area contributed by atoms with Crippen LogP contribution >= 0.6 is 11.3 Å². The zero-order chi connectivity index (χ0) is 19.1. The van der Waals surface area contributed by atoms with Gasteiger partial charge in [0.15, 0.2) is 0 Å². The molecule has 1 saturated heterocycles. The molecule has 1 aliphatic rings. The largest absolute Gasteiger partial charge is 0.445 e. The van der Waals surface area contributed by atoms with E-state index in [4.69, 9.17) is 0 Å². The van der Waals surface area contributed by atoms with Crippen molar-refractivity contribution in [3.8, 4) is 10.6 Å². The van der Waals surface area contributed by atoms with Gasteiger partial charge >= 0.3 is 6.18 Å². The number of carbonyl (C=O) groups excluding carboxylic acids is 1. The molecule has 4 nitrogen and oxygen atoms in total. The van der Waals surface area contributed by atoms with Gasteiger partial charge in [0.05, 0.1) is 0 Å². The van der Waals surface area contributed by atoms with E-state index in [-0.39, 0.29) is 16.5 Å². The summed E-state index contributed by atoms with van der Waals surface area (Å²) in [6.07, 6.45) is -3.25. The lowest BCUT2D eigenvalue weighted by molar-refractivity contribution is -0.138. The zero-order valence-electron chi connectivity index (χ0n) is 14.0. The van der Waals surface area contributed by atoms with Crippen molar-refractivity contribution in [2.75, 3.05) is 6.54 Å². The minimum Gasteiger partial charge on any atom is -0.352 e. The summed E-state index contributed by atoms with van der Waals surface area (Å²) in [7, 11) is 0. The molecule has 0 aliphatic carbocycles. The number of carbonyl (C=O) groups is 1. The number of benzene rings is 1. The lowest BCUT2D eigenvalue weighted by atomic mass is 9.91. The second kappa shape index (κ2) is 6.79. The van der Waals surface area contributed by atoms with E-state index in [0.717, 1.165) is 12.5 Å². The van der Waals surface area contributed by atoms with Gasteiger partial charge in [0.25, 0.3) is 0 Å². The molecule has 2 aromatic rings. The second-order valence-corrected chi connectivity index (χ2v) is 6.98. The third-order valence-electron chi connectivity index (χ3n) is 4.29. The van der Waals surface area contributed by atoms with Crippen LogP contribution in [-0.4, -0.2) is 22.6 Å². The van der Waals surface area contributed by atoms with Crippen LogP contribution < -0.4 is 5.32 Å². The highest BCUT2D eigenvalue weighted by atomic mass is 32.1. The van der Waals surface area contributed by atoms with Crippen LogP contribution in [0.2, 0.25) is 0 Å². The Labute approximate surface area is 150 Å². The Bertz CT molecular complexity index is 902.